The van der Waals surface area contributed by atoms with Crippen molar-refractivity contribution in [1.82, 2.24) is 5.32 Å². The Morgan fingerprint density at radius 2 is 1.95 bits per heavy atom. The molecule has 1 N–H and O–H groups in total. The number of hydrogen-bond acceptors (Lipinski definition) is 2. The molecule has 0 radical (unpaired) electrons. The van der Waals surface area contributed by atoms with Crippen LogP contribution >= 0.6 is 38.9 Å². The standard InChI is InChI=1S/C15H25BrClNS/c1-3-5-6-7-8-9-13(18-10-4-2)14-11-12(17)15(16)19-14/h11,13,18H,3-10H2,1-2H3. The molecule has 1 aromatic heterocycles. The zero-order valence-electron chi connectivity index (χ0n) is 12.0. The van der Waals surface area contributed by atoms with E-state index >= 15 is 0 Å². The molecule has 0 aromatic carbocycles. The van der Waals surface area contributed by atoms with Crippen LogP contribution in [0, 0.1) is 0 Å². The maximum absolute atomic E-state index is 6.15. The van der Waals surface area contributed by atoms with Crippen molar-refractivity contribution in [2.75, 3.05) is 6.54 Å². The highest BCUT2D eigenvalue weighted by Gasteiger charge is 2.15. The molecule has 0 saturated heterocycles. The summed E-state index contributed by atoms with van der Waals surface area (Å²) in [6.07, 6.45) is 9.08. The first-order chi connectivity index (χ1) is 9.19. The van der Waals surface area contributed by atoms with Crippen LogP contribution < -0.4 is 5.32 Å². The topological polar surface area (TPSA) is 12.0 Å². The third-order valence-electron chi connectivity index (χ3n) is 3.24. The molecule has 1 atom stereocenters. The van der Waals surface area contributed by atoms with Crippen LogP contribution in [0.15, 0.2) is 9.85 Å². The van der Waals surface area contributed by atoms with Gasteiger partial charge in [0.05, 0.1) is 8.81 Å². The number of unbranched alkanes of at least 4 members (excludes halogenated alkanes) is 4. The molecule has 4 heteroatoms. The van der Waals surface area contributed by atoms with Gasteiger partial charge in [-0.1, -0.05) is 57.6 Å². The van der Waals surface area contributed by atoms with Crippen molar-refractivity contribution in [3.05, 3.63) is 19.8 Å². The van der Waals surface area contributed by atoms with E-state index < -0.39 is 0 Å². The molecule has 110 valence electrons. The van der Waals surface area contributed by atoms with Crippen molar-refractivity contribution in [3.8, 4) is 0 Å². The number of thiophene rings is 1. The quantitative estimate of drug-likeness (QED) is 0.462. The highest BCUT2D eigenvalue weighted by molar-refractivity contribution is 9.11. The van der Waals surface area contributed by atoms with Gasteiger partial charge in [0, 0.05) is 10.9 Å². The monoisotopic (exact) mass is 365 g/mol. The molecule has 0 aliphatic heterocycles. The van der Waals surface area contributed by atoms with Crippen LogP contribution in [0.1, 0.15) is 69.7 Å². The Balaban J connectivity index is 2.46. The average Bonchev–Trinajstić information content (AvgIpc) is 2.73. The predicted molar refractivity (Wildman–Crippen MR) is 91.4 cm³/mol. The molecule has 19 heavy (non-hydrogen) atoms. The average molecular weight is 367 g/mol. The van der Waals surface area contributed by atoms with Crippen LogP contribution in [-0.2, 0) is 0 Å². The summed E-state index contributed by atoms with van der Waals surface area (Å²) in [7, 11) is 0. The normalized spacial score (nSPS) is 12.8. The molecule has 0 bridgehead atoms. The van der Waals surface area contributed by atoms with E-state index in [2.05, 4.69) is 41.2 Å². The summed E-state index contributed by atoms with van der Waals surface area (Å²) in [5.41, 5.74) is 0. The zero-order valence-corrected chi connectivity index (χ0v) is 15.1. The second kappa shape index (κ2) is 10.2. The minimum absolute atomic E-state index is 0.468. The first kappa shape index (κ1) is 17.5. The lowest BCUT2D eigenvalue weighted by Crippen LogP contribution is -2.21. The Morgan fingerprint density at radius 1 is 1.21 bits per heavy atom. The first-order valence-corrected chi connectivity index (χ1v) is 9.35. The maximum Gasteiger partial charge on any atom is 0.0887 e. The van der Waals surface area contributed by atoms with Crippen molar-refractivity contribution in [2.24, 2.45) is 0 Å². The van der Waals surface area contributed by atoms with Crippen LogP contribution in [0.3, 0.4) is 0 Å². The smallest absolute Gasteiger partial charge is 0.0887 e. The molecule has 1 rings (SSSR count). The Kier molecular flexibility index (Phi) is 9.38. The SMILES string of the molecule is CCCCCCCC(NCCC)c1cc(Cl)c(Br)s1. The van der Waals surface area contributed by atoms with Gasteiger partial charge in [0.2, 0.25) is 0 Å². The lowest BCUT2D eigenvalue weighted by atomic mass is 10.1. The van der Waals surface area contributed by atoms with Crippen molar-refractivity contribution in [1.29, 1.82) is 0 Å². The fourth-order valence-electron chi connectivity index (χ4n) is 2.15. The highest BCUT2D eigenvalue weighted by atomic mass is 79.9. The summed E-state index contributed by atoms with van der Waals surface area (Å²) in [6.45, 7) is 5.55. The lowest BCUT2D eigenvalue weighted by Gasteiger charge is -2.17. The Hall–Kier alpha value is 0.430. The summed E-state index contributed by atoms with van der Waals surface area (Å²) < 4.78 is 1.05. The molecule has 1 unspecified atom stereocenters. The van der Waals surface area contributed by atoms with E-state index in [1.807, 2.05) is 0 Å². The van der Waals surface area contributed by atoms with Gasteiger partial charge >= 0.3 is 0 Å². The predicted octanol–water partition coefficient (Wildman–Crippen LogP) is 6.57. The third-order valence-corrected chi connectivity index (χ3v) is 5.83. The van der Waals surface area contributed by atoms with E-state index in [-0.39, 0.29) is 0 Å². The van der Waals surface area contributed by atoms with E-state index in [4.69, 9.17) is 11.6 Å². The number of halogens is 2. The van der Waals surface area contributed by atoms with Gasteiger partial charge in [-0.2, -0.15) is 0 Å². The minimum atomic E-state index is 0.468. The second-order valence-corrected chi connectivity index (χ2v) is 7.79. The Morgan fingerprint density at radius 3 is 2.53 bits per heavy atom. The van der Waals surface area contributed by atoms with Gasteiger partial charge in [0.1, 0.15) is 0 Å². The lowest BCUT2D eigenvalue weighted by molar-refractivity contribution is 0.473. The first-order valence-electron chi connectivity index (χ1n) is 7.37. The van der Waals surface area contributed by atoms with Gasteiger partial charge in [0.25, 0.3) is 0 Å². The summed E-state index contributed by atoms with van der Waals surface area (Å²) in [5, 5.41) is 4.49. The van der Waals surface area contributed by atoms with Gasteiger partial charge in [-0.05, 0) is 41.4 Å². The molecule has 0 saturated carbocycles. The molecular formula is C15H25BrClNS. The number of rotatable bonds is 10. The van der Waals surface area contributed by atoms with Crippen LogP contribution in [-0.4, -0.2) is 6.54 Å². The molecule has 0 aliphatic carbocycles. The van der Waals surface area contributed by atoms with Gasteiger partial charge in [0.15, 0.2) is 0 Å². The summed E-state index contributed by atoms with van der Waals surface area (Å²) in [4.78, 5) is 1.36. The molecule has 0 aliphatic rings. The fraction of sp³-hybridized carbons (Fsp3) is 0.733. The van der Waals surface area contributed by atoms with Crippen molar-refractivity contribution >= 4 is 38.9 Å². The molecule has 1 nitrogen and oxygen atoms in total. The van der Waals surface area contributed by atoms with E-state index in [9.17, 15) is 0 Å². The molecule has 0 fully saturated rings. The molecule has 1 heterocycles. The van der Waals surface area contributed by atoms with E-state index in [1.165, 1.54) is 49.8 Å². The zero-order chi connectivity index (χ0) is 14.1. The number of nitrogens with one attached hydrogen (secondary N) is 1. The fourth-order valence-corrected chi connectivity index (χ4v) is 4.01. The largest absolute Gasteiger partial charge is 0.309 e. The maximum atomic E-state index is 6.15. The third kappa shape index (κ3) is 6.61. The van der Waals surface area contributed by atoms with Crippen molar-refractivity contribution < 1.29 is 0 Å². The summed E-state index contributed by atoms with van der Waals surface area (Å²) in [6, 6.07) is 2.57. The van der Waals surface area contributed by atoms with Gasteiger partial charge in [-0.3, -0.25) is 0 Å². The number of hydrogen-bond donors (Lipinski definition) is 1. The Bertz CT molecular complexity index is 334. The van der Waals surface area contributed by atoms with Crippen LogP contribution in [0.4, 0.5) is 0 Å². The molecular weight excluding hydrogens is 342 g/mol. The minimum Gasteiger partial charge on any atom is -0.309 e. The van der Waals surface area contributed by atoms with Gasteiger partial charge in [-0.25, -0.2) is 0 Å². The van der Waals surface area contributed by atoms with Crippen LogP contribution in [0.2, 0.25) is 5.02 Å². The summed E-state index contributed by atoms with van der Waals surface area (Å²) >= 11 is 11.4. The van der Waals surface area contributed by atoms with Crippen LogP contribution in [0.25, 0.3) is 0 Å². The van der Waals surface area contributed by atoms with Gasteiger partial charge in [-0.15, -0.1) is 11.3 Å². The van der Waals surface area contributed by atoms with Crippen LogP contribution in [0.5, 0.6) is 0 Å². The van der Waals surface area contributed by atoms with E-state index in [0.29, 0.717) is 6.04 Å². The van der Waals surface area contributed by atoms with Crippen molar-refractivity contribution in [3.63, 3.8) is 0 Å². The van der Waals surface area contributed by atoms with Crippen molar-refractivity contribution in [2.45, 2.75) is 64.8 Å². The van der Waals surface area contributed by atoms with E-state index in [1.54, 1.807) is 11.3 Å². The molecule has 0 spiro atoms. The highest BCUT2D eigenvalue weighted by Crippen LogP contribution is 2.36. The van der Waals surface area contributed by atoms with E-state index in [0.717, 1.165) is 15.4 Å². The summed E-state index contributed by atoms with van der Waals surface area (Å²) in [5.74, 6) is 0. The van der Waals surface area contributed by atoms with Gasteiger partial charge < -0.3 is 5.32 Å². The second-order valence-electron chi connectivity index (χ2n) is 4.98. The molecule has 1 aromatic rings. The molecule has 0 amide bonds. The Labute approximate surface area is 135 Å².